The predicted molar refractivity (Wildman–Crippen MR) is 76.3 cm³/mol. The van der Waals surface area contributed by atoms with Crippen LogP contribution in [0.25, 0.3) is 0 Å². The van der Waals surface area contributed by atoms with E-state index in [1.54, 1.807) is 0 Å². The molecular weight excluding hydrogens is 305 g/mol. The van der Waals surface area contributed by atoms with E-state index in [1.165, 1.54) is 18.7 Å². The highest BCUT2D eigenvalue weighted by Crippen LogP contribution is 2.19. The van der Waals surface area contributed by atoms with E-state index in [0.29, 0.717) is 0 Å². The van der Waals surface area contributed by atoms with Crippen molar-refractivity contribution < 1.29 is 22.7 Å². The van der Waals surface area contributed by atoms with Crippen LogP contribution in [0, 0.1) is 12.7 Å². The third-order valence-corrected chi connectivity index (χ3v) is 5.11. The van der Waals surface area contributed by atoms with E-state index in [0.717, 1.165) is 12.1 Å². The van der Waals surface area contributed by atoms with E-state index < -0.39 is 27.4 Å². The van der Waals surface area contributed by atoms with Crippen LogP contribution < -0.4 is 4.72 Å². The lowest BCUT2D eigenvalue weighted by atomic mass is 10.1. The number of carboxylic acid groups (broad SMARTS) is 1. The zero-order chi connectivity index (χ0) is 15.5. The molecule has 1 aromatic rings. The van der Waals surface area contributed by atoms with Crippen molar-refractivity contribution in [2.45, 2.75) is 24.0 Å². The second-order valence-corrected chi connectivity index (χ2v) is 7.35. The second-order valence-electron chi connectivity index (χ2n) is 4.31. The summed E-state index contributed by atoms with van der Waals surface area (Å²) in [5, 5.41) is 8.95. The standard InChI is InChI=1S/C12H16FNO4S2/c1-7-4-9(5-10(11(7)13)12(15)16)20(17,18)14-6-8(2)19-3/h4-5,8,14H,6H2,1-3H3,(H,15,16). The van der Waals surface area contributed by atoms with Crippen molar-refractivity contribution in [2.24, 2.45) is 0 Å². The maximum absolute atomic E-state index is 13.6. The Morgan fingerprint density at radius 1 is 1.50 bits per heavy atom. The van der Waals surface area contributed by atoms with Crippen LogP contribution in [0.3, 0.4) is 0 Å². The molecule has 0 fully saturated rings. The van der Waals surface area contributed by atoms with Gasteiger partial charge in [0, 0.05) is 11.8 Å². The molecule has 1 unspecified atom stereocenters. The van der Waals surface area contributed by atoms with Gasteiger partial charge in [-0.05, 0) is 30.9 Å². The molecule has 0 aliphatic rings. The molecule has 0 spiro atoms. The molecule has 8 heteroatoms. The van der Waals surface area contributed by atoms with Gasteiger partial charge < -0.3 is 5.11 Å². The number of hydrogen-bond donors (Lipinski definition) is 2. The SMILES string of the molecule is CSC(C)CNS(=O)(=O)c1cc(C)c(F)c(C(=O)O)c1. The van der Waals surface area contributed by atoms with E-state index >= 15 is 0 Å². The largest absolute Gasteiger partial charge is 0.478 e. The molecule has 1 aromatic carbocycles. The molecule has 0 aromatic heterocycles. The first-order valence-electron chi connectivity index (χ1n) is 5.75. The fourth-order valence-corrected chi connectivity index (χ4v) is 3.04. The Bertz CT molecular complexity index is 616. The highest BCUT2D eigenvalue weighted by Gasteiger charge is 2.21. The van der Waals surface area contributed by atoms with Crippen LogP contribution >= 0.6 is 11.8 Å². The normalized spacial score (nSPS) is 13.2. The number of nitrogens with one attached hydrogen (secondary N) is 1. The highest BCUT2D eigenvalue weighted by molar-refractivity contribution is 7.99. The van der Waals surface area contributed by atoms with Gasteiger partial charge >= 0.3 is 5.97 Å². The summed E-state index contributed by atoms with van der Waals surface area (Å²) in [6, 6.07) is 1.95. The van der Waals surface area contributed by atoms with Gasteiger partial charge in [-0.2, -0.15) is 11.8 Å². The van der Waals surface area contributed by atoms with Crippen LogP contribution in [0.1, 0.15) is 22.8 Å². The van der Waals surface area contributed by atoms with Crippen molar-refractivity contribution >= 4 is 27.8 Å². The molecule has 0 saturated heterocycles. The van der Waals surface area contributed by atoms with Crippen LogP contribution in [-0.2, 0) is 10.0 Å². The van der Waals surface area contributed by atoms with E-state index in [1.807, 2.05) is 13.2 Å². The van der Waals surface area contributed by atoms with Gasteiger partial charge in [0.1, 0.15) is 5.82 Å². The van der Waals surface area contributed by atoms with Gasteiger partial charge in [-0.3, -0.25) is 0 Å². The molecule has 112 valence electrons. The van der Waals surface area contributed by atoms with E-state index in [-0.39, 0.29) is 22.3 Å². The molecule has 0 radical (unpaired) electrons. The number of hydrogen-bond acceptors (Lipinski definition) is 4. The van der Waals surface area contributed by atoms with Gasteiger partial charge in [-0.1, -0.05) is 6.92 Å². The molecule has 5 nitrogen and oxygen atoms in total. The van der Waals surface area contributed by atoms with Gasteiger partial charge in [-0.25, -0.2) is 22.3 Å². The van der Waals surface area contributed by atoms with Gasteiger partial charge in [-0.15, -0.1) is 0 Å². The molecule has 0 heterocycles. The third kappa shape index (κ3) is 3.94. The summed E-state index contributed by atoms with van der Waals surface area (Å²) in [6.07, 6.45) is 1.85. The van der Waals surface area contributed by atoms with Crippen molar-refractivity contribution in [2.75, 3.05) is 12.8 Å². The quantitative estimate of drug-likeness (QED) is 0.835. The number of benzene rings is 1. The Morgan fingerprint density at radius 3 is 2.60 bits per heavy atom. The molecule has 0 aliphatic carbocycles. The molecule has 0 bridgehead atoms. The summed E-state index contributed by atoms with van der Waals surface area (Å²) >= 11 is 1.49. The van der Waals surface area contributed by atoms with E-state index in [4.69, 9.17) is 5.11 Å². The lowest BCUT2D eigenvalue weighted by Gasteiger charge is -2.12. The van der Waals surface area contributed by atoms with Crippen molar-refractivity contribution in [1.29, 1.82) is 0 Å². The highest BCUT2D eigenvalue weighted by atomic mass is 32.2. The first-order chi connectivity index (χ1) is 9.19. The predicted octanol–water partition coefficient (Wildman–Crippen LogP) is 1.86. The van der Waals surface area contributed by atoms with Gasteiger partial charge in [0.25, 0.3) is 0 Å². The molecule has 1 atom stereocenters. The summed E-state index contributed by atoms with van der Waals surface area (Å²) in [4.78, 5) is 10.7. The summed E-state index contributed by atoms with van der Waals surface area (Å²) in [7, 11) is -3.85. The van der Waals surface area contributed by atoms with E-state index in [2.05, 4.69) is 4.72 Å². The van der Waals surface area contributed by atoms with Crippen molar-refractivity contribution in [3.8, 4) is 0 Å². The minimum atomic E-state index is -3.85. The summed E-state index contributed by atoms with van der Waals surface area (Å²) in [5.41, 5.74) is -0.675. The molecule has 0 amide bonds. The number of carbonyl (C=O) groups is 1. The number of carboxylic acids is 1. The van der Waals surface area contributed by atoms with Crippen LogP contribution in [0.2, 0.25) is 0 Å². The Labute approximate surface area is 121 Å². The molecule has 20 heavy (non-hydrogen) atoms. The number of halogens is 1. The van der Waals surface area contributed by atoms with Crippen LogP contribution in [-0.4, -0.2) is 37.5 Å². The summed E-state index contributed by atoms with van der Waals surface area (Å²) in [5.74, 6) is -2.42. The smallest absolute Gasteiger partial charge is 0.338 e. The first kappa shape index (κ1) is 16.9. The lowest BCUT2D eigenvalue weighted by Crippen LogP contribution is -2.29. The van der Waals surface area contributed by atoms with Crippen molar-refractivity contribution in [1.82, 2.24) is 4.72 Å². The minimum Gasteiger partial charge on any atom is -0.478 e. The number of sulfonamides is 1. The third-order valence-electron chi connectivity index (χ3n) is 2.73. The number of aromatic carboxylic acids is 1. The number of rotatable bonds is 6. The second kappa shape index (κ2) is 6.55. The lowest BCUT2D eigenvalue weighted by molar-refractivity contribution is 0.0691. The van der Waals surface area contributed by atoms with E-state index in [9.17, 15) is 17.6 Å². The van der Waals surface area contributed by atoms with Crippen molar-refractivity contribution in [3.05, 3.63) is 29.1 Å². The monoisotopic (exact) mass is 321 g/mol. The first-order valence-corrected chi connectivity index (χ1v) is 8.52. The average Bonchev–Trinajstić information content (AvgIpc) is 2.38. The number of thioether (sulfide) groups is 1. The summed E-state index contributed by atoms with van der Waals surface area (Å²) in [6.45, 7) is 3.39. The van der Waals surface area contributed by atoms with Gasteiger partial charge in [0.05, 0.1) is 10.5 Å². The van der Waals surface area contributed by atoms with Crippen LogP contribution in [0.15, 0.2) is 17.0 Å². The Morgan fingerprint density at radius 2 is 2.10 bits per heavy atom. The topological polar surface area (TPSA) is 83.5 Å². The Kier molecular flexibility index (Phi) is 5.55. The maximum Gasteiger partial charge on any atom is 0.338 e. The van der Waals surface area contributed by atoms with Crippen molar-refractivity contribution in [3.63, 3.8) is 0 Å². The minimum absolute atomic E-state index is 0.0248. The van der Waals surface area contributed by atoms with Crippen LogP contribution in [0.5, 0.6) is 0 Å². The molecule has 1 rings (SSSR count). The average molecular weight is 321 g/mol. The fourth-order valence-electron chi connectivity index (χ4n) is 1.44. The Balaban J connectivity index is 3.16. The number of aryl methyl sites for hydroxylation is 1. The molecular formula is C12H16FNO4S2. The van der Waals surface area contributed by atoms with Gasteiger partial charge in [0.2, 0.25) is 10.0 Å². The zero-order valence-corrected chi connectivity index (χ0v) is 12.9. The fraction of sp³-hybridized carbons (Fsp3) is 0.417. The Hall–Kier alpha value is -1.12. The molecule has 0 aliphatic heterocycles. The maximum atomic E-state index is 13.6. The summed E-state index contributed by atoms with van der Waals surface area (Å²) < 4.78 is 40.1. The van der Waals surface area contributed by atoms with Crippen LogP contribution in [0.4, 0.5) is 4.39 Å². The zero-order valence-electron chi connectivity index (χ0n) is 11.3. The van der Waals surface area contributed by atoms with Gasteiger partial charge in [0.15, 0.2) is 0 Å². The molecule has 2 N–H and O–H groups in total. The molecule has 0 saturated carbocycles.